The van der Waals surface area contributed by atoms with E-state index in [4.69, 9.17) is 28.8 Å². The normalized spacial score (nSPS) is 38.2. The average Bonchev–Trinajstić information content (AvgIpc) is 3.91. The zero-order valence-electron chi connectivity index (χ0n) is 48.6. The Labute approximate surface area is 460 Å². The number of ether oxygens (including phenoxy) is 5. The number of aliphatic hydroxyl groups excluding tert-OH is 2. The molecule has 16 atom stereocenters. The lowest BCUT2D eigenvalue weighted by Gasteiger charge is -2.42. The smallest absolute Gasteiger partial charge is 0.329 e. The standard InChI is InChI=1S/C51H79NO13.C8H17NO2Si/c1-30-16-12-11-13-17-31(2)42(61-8)28-38-21-19-36(7)51(60,65-38)48(57)49(58)52-23-15-14-18-39(52)50(59)64-43(33(4)26-37-20-22-40(53)44(27-37)62-9)29-41(54)32(3)25-35(6)46(56)47(63-10)45(55)34(5)24-30;1-12(2,3)9-6-4-5-7(9)8(10)11/h11-13,16-17,25,30,32-34,36-40,42-44,46-47,53,56,60H,14-15,18-24,26-29H2,1-10H3;7H,4-6H2,1-3H3,(H,10,11)/b13-11+,16-12+,31-17+,35-25+;/t30-,32-,33-,34-,36-,37+,38+,39+,40-,42+,43+,44-,46-,47+,51-;/m1./s1. The summed E-state index contributed by atoms with van der Waals surface area (Å²) in [4.78, 5) is 82.6. The Morgan fingerprint density at radius 1 is 0.831 bits per heavy atom. The minimum absolute atomic E-state index is 0.0193. The van der Waals surface area contributed by atoms with E-state index in [9.17, 15) is 44.1 Å². The molecule has 1 aliphatic carbocycles. The first-order valence-electron chi connectivity index (χ1n) is 28.3. The second-order valence-electron chi connectivity index (χ2n) is 24.0. The van der Waals surface area contributed by atoms with E-state index >= 15 is 0 Å². The number of cyclic esters (lactones) is 1. The van der Waals surface area contributed by atoms with Gasteiger partial charge in [-0.1, -0.05) is 90.7 Å². The van der Waals surface area contributed by atoms with E-state index in [1.165, 1.54) is 12.0 Å². The number of carboxylic acids is 1. The second kappa shape index (κ2) is 30.2. The van der Waals surface area contributed by atoms with Gasteiger partial charge in [-0.15, -0.1) is 0 Å². The SMILES string of the molecule is CO[C@H]1C[C@@H]2CC[C@@H](C)[C@@](O)(O2)C(=O)C(=O)N2CCCC[C@H]2C(=O)O[C@H]([C@H](C)C[C@@H]2CC[C@@H](O)[C@H](OC)C2)CC(=O)[C@H](C)/C=C(\C)[C@@H](O)[C@@H](OC)C(=O)[C@H](C)C[C@H](C)/C=C/C=C/C=C/1C.C[Si](C)(C)N1CCCC1C(=O)O. The molecule has 5 rings (SSSR count). The van der Waals surface area contributed by atoms with Crippen LogP contribution in [0.15, 0.2) is 47.6 Å². The average molecular weight is 1100 g/mol. The summed E-state index contributed by atoms with van der Waals surface area (Å²) in [5.74, 6) is -8.60. The second-order valence-corrected chi connectivity index (χ2v) is 28.9. The van der Waals surface area contributed by atoms with E-state index in [1.807, 2.05) is 58.1 Å². The maximum atomic E-state index is 14.4. The largest absolute Gasteiger partial charge is 0.480 e. The molecule has 0 spiro atoms. The van der Waals surface area contributed by atoms with E-state index in [0.717, 1.165) is 31.4 Å². The molecule has 1 amide bonds. The number of methoxy groups -OCH3 is 3. The Bertz CT molecular complexity index is 2120. The van der Waals surface area contributed by atoms with Crippen molar-refractivity contribution in [2.75, 3.05) is 34.4 Å². The third kappa shape index (κ3) is 18.1. The van der Waals surface area contributed by atoms with Crippen LogP contribution in [0.25, 0.3) is 0 Å². The number of amides is 1. The predicted octanol–water partition coefficient (Wildman–Crippen LogP) is 7.55. The van der Waals surface area contributed by atoms with Gasteiger partial charge in [0.05, 0.1) is 24.4 Å². The lowest BCUT2D eigenvalue weighted by molar-refractivity contribution is -0.265. The first-order valence-corrected chi connectivity index (χ1v) is 31.8. The zero-order valence-corrected chi connectivity index (χ0v) is 49.6. The van der Waals surface area contributed by atoms with Gasteiger partial charge in [0.1, 0.15) is 44.4 Å². The van der Waals surface area contributed by atoms with Crippen molar-refractivity contribution in [3.63, 3.8) is 0 Å². The number of ketones is 3. The third-order valence-corrected chi connectivity index (χ3v) is 19.1. The van der Waals surface area contributed by atoms with Crippen LogP contribution in [0.4, 0.5) is 0 Å². The molecule has 4 aliphatic heterocycles. The lowest BCUT2D eigenvalue weighted by atomic mass is 9.78. The Kier molecular flexibility index (Phi) is 25.8. The van der Waals surface area contributed by atoms with Crippen LogP contribution in [0.1, 0.15) is 138 Å². The topological polar surface area (TPSA) is 236 Å². The summed E-state index contributed by atoms with van der Waals surface area (Å²) in [6.45, 7) is 20.3. The van der Waals surface area contributed by atoms with Crippen molar-refractivity contribution in [2.45, 2.75) is 219 Å². The molecule has 0 radical (unpaired) electrons. The molecule has 436 valence electrons. The van der Waals surface area contributed by atoms with Crippen LogP contribution in [0, 0.1) is 35.5 Å². The summed E-state index contributed by atoms with van der Waals surface area (Å²) < 4.78 is 31.6. The van der Waals surface area contributed by atoms with Gasteiger partial charge in [0.25, 0.3) is 11.7 Å². The lowest BCUT2D eigenvalue weighted by Crippen LogP contribution is -2.61. The van der Waals surface area contributed by atoms with Crippen molar-refractivity contribution in [3.05, 3.63) is 47.6 Å². The van der Waals surface area contributed by atoms with Crippen molar-refractivity contribution < 1.29 is 72.9 Å². The van der Waals surface area contributed by atoms with Gasteiger partial charge in [-0.3, -0.25) is 24.0 Å². The highest BCUT2D eigenvalue weighted by Crippen LogP contribution is 2.38. The van der Waals surface area contributed by atoms with Crippen LogP contribution >= 0.6 is 0 Å². The number of nitrogens with zero attached hydrogens (tertiary/aromatic N) is 2. The molecule has 0 aromatic heterocycles. The van der Waals surface area contributed by atoms with Gasteiger partial charge in [-0.05, 0) is 126 Å². The summed E-state index contributed by atoms with van der Waals surface area (Å²) in [6, 6.07) is -1.34. The highest BCUT2D eigenvalue weighted by molar-refractivity contribution is 6.73. The highest BCUT2D eigenvalue weighted by Gasteiger charge is 2.53. The molecular formula is C59H96N2O15Si. The van der Waals surface area contributed by atoms with Crippen LogP contribution in [0.3, 0.4) is 0 Å². The van der Waals surface area contributed by atoms with E-state index in [1.54, 1.807) is 41.1 Å². The van der Waals surface area contributed by atoms with Gasteiger partial charge in [0, 0.05) is 58.5 Å². The van der Waals surface area contributed by atoms with Gasteiger partial charge in [-0.25, -0.2) is 4.79 Å². The van der Waals surface area contributed by atoms with Gasteiger partial charge < -0.3 is 53.6 Å². The summed E-state index contributed by atoms with van der Waals surface area (Å²) >= 11 is 0. The number of aliphatic hydroxyl groups is 3. The Morgan fingerprint density at radius 2 is 1.53 bits per heavy atom. The van der Waals surface area contributed by atoms with Crippen molar-refractivity contribution in [1.29, 1.82) is 0 Å². The van der Waals surface area contributed by atoms with E-state index in [-0.39, 0.29) is 60.9 Å². The molecule has 1 unspecified atom stereocenters. The van der Waals surface area contributed by atoms with Gasteiger partial charge in [0.15, 0.2) is 5.78 Å². The van der Waals surface area contributed by atoms with Crippen LogP contribution in [0.5, 0.6) is 0 Å². The number of carbonyl (C=O) groups is 6. The Balaban J connectivity index is 0.000000936. The molecular weight excluding hydrogens is 1000 g/mol. The highest BCUT2D eigenvalue weighted by atomic mass is 28.3. The van der Waals surface area contributed by atoms with Crippen molar-refractivity contribution in [3.8, 4) is 0 Å². The number of esters is 1. The minimum Gasteiger partial charge on any atom is -0.480 e. The number of hydrogen-bond acceptors (Lipinski definition) is 15. The maximum absolute atomic E-state index is 14.4. The summed E-state index contributed by atoms with van der Waals surface area (Å²) in [5, 5.41) is 42.8. The van der Waals surface area contributed by atoms with Crippen LogP contribution in [0.2, 0.25) is 19.6 Å². The van der Waals surface area contributed by atoms with Crippen LogP contribution in [-0.2, 0) is 52.5 Å². The van der Waals surface area contributed by atoms with Gasteiger partial charge in [-0.2, -0.15) is 0 Å². The predicted molar refractivity (Wildman–Crippen MR) is 296 cm³/mol. The minimum atomic E-state index is -2.43. The molecule has 77 heavy (non-hydrogen) atoms. The Morgan fingerprint density at radius 3 is 2.16 bits per heavy atom. The van der Waals surface area contributed by atoms with Crippen molar-refractivity contribution in [1.82, 2.24) is 9.47 Å². The number of carbonyl (C=O) groups excluding carboxylic acids is 5. The Hall–Kier alpha value is -3.72. The number of carboxylic acid groups (broad SMARTS) is 1. The van der Waals surface area contributed by atoms with Crippen LogP contribution in [-0.4, -0.2) is 168 Å². The van der Waals surface area contributed by atoms with Gasteiger partial charge >= 0.3 is 11.9 Å². The summed E-state index contributed by atoms with van der Waals surface area (Å²) in [6.07, 6.45) is 13.1. The van der Waals surface area contributed by atoms with E-state index in [0.29, 0.717) is 63.4 Å². The van der Waals surface area contributed by atoms with Crippen molar-refractivity contribution >= 4 is 43.4 Å². The quantitative estimate of drug-likeness (QED) is 0.0795. The molecule has 4 fully saturated rings. The summed E-state index contributed by atoms with van der Waals surface area (Å²) in [7, 11) is 3.12. The zero-order chi connectivity index (χ0) is 57.5. The van der Waals surface area contributed by atoms with Gasteiger partial charge in [0.2, 0.25) is 5.79 Å². The number of hydrogen-bond donors (Lipinski definition) is 4. The third-order valence-electron chi connectivity index (χ3n) is 16.9. The molecule has 3 saturated heterocycles. The fourth-order valence-corrected chi connectivity index (χ4v) is 13.9. The number of allylic oxidation sites excluding steroid dienone is 6. The molecule has 4 heterocycles. The molecule has 5 aliphatic rings. The molecule has 18 heteroatoms. The first-order chi connectivity index (χ1) is 36.2. The fourth-order valence-electron chi connectivity index (χ4n) is 11.9. The molecule has 1 saturated carbocycles. The molecule has 0 aromatic rings. The molecule has 17 nitrogen and oxygen atoms in total. The first kappa shape index (κ1) is 65.8. The summed E-state index contributed by atoms with van der Waals surface area (Å²) in [5.41, 5.74) is 1.27. The molecule has 0 aromatic carbocycles. The van der Waals surface area contributed by atoms with Crippen molar-refractivity contribution in [2.24, 2.45) is 35.5 Å². The van der Waals surface area contributed by atoms with Crippen LogP contribution < -0.4 is 0 Å². The molecule has 4 N–H and O–H groups in total. The number of aliphatic carboxylic acids is 1. The fraction of sp³-hybridized carbons (Fsp3) is 0.763. The number of Topliss-reactive ketones (excluding diaryl/α,β-unsaturated/α-hetero) is 3. The number of piperidine rings is 1. The maximum Gasteiger partial charge on any atom is 0.329 e. The molecule has 2 bridgehead atoms. The number of rotatable bonds is 8. The van der Waals surface area contributed by atoms with E-state index in [2.05, 4.69) is 24.2 Å². The monoisotopic (exact) mass is 1100 g/mol. The number of fused-ring (bicyclic) bond motifs is 3. The van der Waals surface area contributed by atoms with E-state index < -0.39 is 98.1 Å².